The fourth-order valence-corrected chi connectivity index (χ4v) is 1.76. The first-order valence-corrected chi connectivity index (χ1v) is 5.29. The van der Waals surface area contributed by atoms with Crippen molar-refractivity contribution in [1.82, 2.24) is 0 Å². The Balaban J connectivity index is 2.99. The zero-order valence-corrected chi connectivity index (χ0v) is 10.2. The third kappa shape index (κ3) is 3.33. The molecule has 0 bridgehead atoms. The normalized spacial score (nSPS) is 11.3. The second kappa shape index (κ2) is 4.64. The van der Waals surface area contributed by atoms with Gasteiger partial charge in [0, 0.05) is 24.8 Å². The molecule has 0 saturated carbocycles. The predicted molar refractivity (Wildman–Crippen MR) is 64.5 cm³/mol. The smallest absolute Gasteiger partial charge is 0.152 e. The van der Waals surface area contributed by atoms with Crippen LogP contribution in [0, 0.1) is 11.2 Å². The number of carbonyl (C=O) groups excluding carboxylic acids is 1. The van der Waals surface area contributed by atoms with Crippen molar-refractivity contribution < 1.29 is 9.18 Å². The van der Waals surface area contributed by atoms with E-state index in [0.717, 1.165) is 12.2 Å². The molecule has 0 heterocycles. The van der Waals surface area contributed by atoms with Gasteiger partial charge >= 0.3 is 0 Å². The van der Waals surface area contributed by atoms with E-state index in [0.29, 0.717) is 11.8 Å². The van der Waals surface area contributed by atoms with E-state index in [4.69, 9.17) is 0 Å². The molecule has 1 rings (SSSR count). The maximum atomic E-state index is 13.0. The molecule has 0 radical (unpaired) electrons. The zero-order chi connectivity index (χ0) is 12.3. The number of hydrogen-bond acceptors (Lipinski definition) is 2. The van der Waals surface area contributed by atoms with Gasteiger partial charge in [0.1, 0.15) is 5.82 Å². The van der Waals surface area contributed by atoms with Crippen LogP contribution in [-0.2, 0) is 0 Å². The predicted octanol–water partition coefficient (Wildman–Crippen LogP) is 3.12. The van der Waals surface area contributed by atoms with Crippen LogP contribution in [0.4, 0.5) is 10.1 Å². The highest BCUT2D eigenvalue weighted by atomic mass is 19.1. The summed E-state index contributed by atoms with van der Waals surface area (Å²) in [5.41, 5.74) is 1.29. The van der Waals surface area contributed by atoms with Gasteiger partial charge in [0.15, 0.2) is 6.29 Å². The lowest BCUT2D eigenvalue weighted by Crippen LogP contribution is -2.29. The van der Waals surface area contributed by atoms with Crippen LogP contribution in [0.2, 0.25) is 0 Å². The van der Waals surface area contributed by atoms with E-state index in [1.54, 1.807) is 6.07 Å². The van der Waals surface area contributed by atoms with Crippen LogP contribution in [-0.4, -0.2) is 19.9 Å². The van der Waals surface area contributed by atoms with E-state index >= 15 is 0 Å². The fraction of sp³-hybridized carbons (Fsp3) is 0.462. The molecule has 0 saturated heterocycles. The van der Waals surface area contributed by atoms with E-state index in [9.17, 15) is 9.18 Å². The van der Waals surface area contributed by atoms with E-state index in [2.05, 4.69) is 20.8 Å². The topological polar surface area (TPSA) is 20.3 Å². The average molecular weight is 223 g/mol. The Hall–Kier alpha value is -1.38. The molecule has 0 unspecified atom stereocenters. The van der Waals surface area contributed by atoms with Crippen LogP contribution < -0.4 is 4.90 Å². The van der Waals surface area contributed by atoms with Crippen molar-refractivity contribution in [2.45, 2.75) is 20.8 Å². The van der Waals surface area contributed by atoms with E-state index in [1.807, 2.05) is 11.9 Å². The van der Waals surface area contributed by atoms with Gasteiger partial charge in [-0.3, -0.25) is 4.79 Å². The molecule has 2 nitrogen and oxygen atoms in total. The van der Waals surface area contributed by atoms with Gasteiger partial charge in [0.25, 0.3) is 0 Å². The van der Waals surface area contributed by atoms with Crippen molar-refractivity contribution in [2.24, 2.45) is 5.41 Å². The van der Waals surface area contributed by atoms with Gasteiger partial charge in [-0.25, -0.2) is 4.39 Å². The number of carbonyl (C=O) groups is 1. The number of rotatable bonds is 3. The molecule has 0 aliphatic rings. The van der Waals surface area contributed by atoms with Crippen molar-refractivity contribution in [3.05, 3.63) is 29.6 Å². The monoisotopic (exact) mass is 223 g/mol. The highest BCUT2D eigenvalue weighted by Gasteiger charge is 2.16. The SMILES string of the molecule is CN(CC(C)(C)C)c1ccc(F)cc1C=O. The highest BCUT2D eigenvalue weighted by molar-refractivity contribution is 5.84. The first-order chi connectivity index (χ1) is 7.33. The number of benzene rings is 1. The molecule has 0 aliphatic carbocycles. The van der Waals surface area contributed by atoms with Crippen LogP contribution in [0.15, 0.2) is 18.2 Å². The Morgan fingerprint density at radius 3 is 2.50 bits per heavy atom. The van der Waals surface area contributed by atoms with Crippen LogP contribution >= 0.6 is 0 Å². The summed E-state index contributed by atoms with van der Waals surface area (Å²) >= 11 is 0. The Bertz CT molecular complexity index is 382. The molecule has 0 aliphatic heterocycles. The molecular weight excluding hydrogens is 205 g/mol. The first-order valence-electron chi connectivity index (χ1n) is 5.29. The number of hydrogen-bond donors (Lipinski definition) is 0. The van der Waals surface area contributed by atoms with Crippen LogP contribution in [0.25, 0.3) is 0 Å². The second-order valence-corrected chi connectivity index (χ2v) is 5.24. The standard InChI is InChI=1S/C13H18FNO/c1-13(2,3)9-15(4)12-6-5-11(14)7-10(12)8-16/h5-8H,9H2,1-4H3. The summed E-state index contributed by atoms with van der Waals surface area (Å²) in [7, 11) is 1.91. The molecule has 0 N–H and O–H groups in total. The minimum Gasteiger partial charge on any atom is -0.373 e. The third-order valence-electron chi connectivity index (χ3n) is 2.24. The Kier molecular flexibility index (Phi) is 3.68. The molecule has 1 aromatic carbocycles. The Morgan fingerprint density at radius 2 is 2.00 bits per heavy atom. The summed E-state index contributed by atoms with van der Waals surface area (Å²) in [5.74, 6) is -0.380. The largest absolute Gasteiger partial charge is 0.373 e. The van der Waals surface area contributed by atoms with Crippen LogP contribution in [0.1, 0.15) is 31.1 Å². The van der Waals surface area contributed by atoms with Crippen molar-refractivity contribution in [3.63, 3.8) is 0 Å². The number of halogens is 1. The van der Waals surface area contributed by atoms with E-state index in [-0.39, 0.29) is 11.2 Å². The molecule has 16 heavy (non-hydrogen) atoms. The maximum absolute atomic E-state index is 13.0. The summed E-state index contributed by atoms with van der Waals surface area (Å²) in [6, 6.07) is 4.29. The lowest BCUT2D eigenvalue weighted by Gasteiger charge is -2.29. The number of anilines is 1. The zero-order valence-electron chi connectivity index (χ0n) is 10.2. The van der Waals surface area contributed by atoms with Crippen molar-refractivity contribution in [2.75, 3.05) is 18.5 Å². The lowest BCUT2D eigenvalue weighted by atomic mass is 9.96. The average Bonchev–Trinajstić information content (AvgIpc) is 2.14. The summed E-state index contributed by atoms with van der Waals surface area (Å²) < 4.78 is 13.0. The summed E-state index contributed by atoms with van der Waals surface area (Å²) in [4.78, 5) is 12.8. The van der Waals surface area contributed by atoms with Gasteiger partial charge in [-0.1, -0.05) is 20.8 Å². The van der Waals surface area contributed by atoms with Crippen LogP contribution in [0.5, 0.6) is 0 Å². The van der Waals surface area contributed by atoms with E-state index in [1.165, 1.54) is 12.1 Å². The fourth-order valence-electron chi connectivity index (χ4n) is 1.76. The van der Waals surface area contributed by atoms with Crippen molar-refractivity contribution in [3.8, 4) is 0 Å². The molecule has 0 fully saturated rings. The Morgan fingerprint density at radius 1 is 1.38 bits per heavy atom. The van der Waals surface area contributed by atoms with Gasteiger partial charge in [0.05, 0.1) is 0 Å². The minimum absolute atomic E-state index is 0.128. The van der Waals surface area contributed by atoms with Crippen molar-refractivity contribution >= 4 is 12.0 Å². The number of nitrogens with zero attached hydrogens (tertiary/aromatic N) is 1. The second-order valence-electron chi connectivity index (χ2n) is 5.24. The van der Waals surface area contributed by atoms with E-state index < -0.39 is 0 Å². The summed E-state index contributed by atoms with van der Waals surface area (Å²) in [6.45, 7) is 7.16. The summed E-state index contributed by atoms with van der Waals surface area (Å²) in [6.07, 6.45) is 0.692. The van der Waals surface area contributed by atoms with Gasteiger partial charge in [-0.15, -0.1) is 0 Å². The van der Waals surface area contributed by atoms with Gasteiger partial charge in [-0.05, 0) is 23.6 Å². The molecule has 0 atom stereocenters. The molecule has 88 valence electrons. The van der Waals surface area contributed by atoms with Crippen LogP contribution in [0.3, 0.4) is 0 Å². The molecule has 0 amide bonds. The van der Waals surface area contributed by atoms with Gasteiger partial charge < -0.3 is 4.90 Å². The quantitative estimate of drug-likeness (QED) is 0.734. The molecule has 1 aromatic rings. The minimum atomic E-state index is -0.380. The highest BCUT2D eigenvalue weighted by Crippen LogP contribution is 2.23. The molecule has 3 heteroatoms. The third-order valence-corrected chi connectivity index (χ3v) is 2.24. The van der Waals surface area contributed by atoms with Gasteiger partial charge in [-0.2, -0.15) is 0 Å². The first kappa shape index (κ1) is 12.7. The molecule has 0 aromatic heterocycles. The molecule has 0 spiro atoms. The Labute approximate surface area is 96.1 Å². The van der Waals surface area contributed by atoms with Crippen molar-refractivity contribution in [1.29, 1.82) is 0 Å². The molecular formula is C13H18FNO. The summed E-state index contributed by atoms with van der Waals surface area (Å²) in [5, 5.41) is 0. The number of aldehydes is 1. The maximum Gasteiger partial charge on any atom is 0.152 e. The van der Waals surface area contributed by atoms with Gasteiger partial charge in [0.2, 0.25) is 0 Å². The lowest BCUT2D eigenvalue weighted by molar-refractivity contribution is 0.112.